The molecule has 0 aliphatic rings. The lowest BCUT2D eigenvalue weighted by atomic mass is 10.3. The van der Waals surface area contributed by atoms with Crippen LogP contribution in [-0.2, 0) is 6.42 Å². The second-order valence-corrected chi connectivity index (χ2v) is 6.36. The standard InChI is InChI=1S/C11H19BrN2S/c1-9(2)14-8-7-13-6-5-10-3-4-11(12)15-10/h3-4,9,13-14H,5-8H2,1-2H3. The summed E-state index contributed by atoms with van der Waals surface area (Å²) in [5, 5.41) is 6.81. The topological polar surface area (TPSA) is 24.1 Å². The minimum Gasteiger partial charge on any atom is -0.315 e. The summed E-state index contributed by atoms with van der Waals surface area (Å²) in [7, 11) is 0. The number of halogens is 1. The van der Waals surface area contributed by atoms with E-state index in [0.717, 1.165) is 26.1 Å². The van der Waals surface area contributed by atoms with Gasteiger partial charge in [0.2, 0.25) is 0 Å². The van der Waals surface area contributed by atoms with Crippen molar-refractivity contribution in [1.29, 1.82) is 0 Å². The monoisotopic (exact) mass is 290 g/mol. The van der Waals surface area contributed by atoms with E-state index in [-0.39, 0.29) is 0 Å². The van der Waals surface area contributed by atoms with Gasteiger partial charge in [-0.1, -0.05) is 13.8 Å². The van der Waals surface area contributed by atoms with Gasteiger partial charge in [-0.05, 0) is 34.5 Å². The van der Waals surface area contributed by atoms with Gasteiger partial charge in [-0.2, -0.15) is 0 Å². The summed E-state index contributed by atoms with van der Waals surface area (Å²) >= 11 is 5.29. The molecule has 1 aromatic heterocycles. The fraction of sp³-hybridized carbons (Fsp3) is 0.636. The van der Waals surface area contributed by atoms with E-state index >= 15 is 0 Å². The van der Waals surface area contributed by atoms with Crippen LogP contribution in [0.3, 0.4) is 0 Å². The van der Waals surface area contributed by atoms with Crippen molar-refractivity contribution in [3.63, 3.8) is 0 Å². The highest BCUT2D eigenvalue weighted by molar-refractivity contribution is 9.11. The third-order valence-corrected chi connectivity index (χ3v) is 3.71. The van der Waals surface area contributed by atoms with E-state index < -0.39 is 0 Å². The Hall–Kier alpha value is 0.1000. The molecule has 2 N–H and O–H groups in total. The summed E-state index contributed by atoms with van der Waals surface area (Å²) in [5.41, 5.74) is 0. The SMILES string of the molecule is CC(C)NCCNCCc1ccc(Br)s1. The summed E-state index contributed by atoms with van der Waals surface area (Å²) in [6.07, 6.45) is 1.12. The van der Waals surface area contributed by atoms with Crippen molar-refractivity contribution >= 4 is 27.3 Å². The number of hydrogen-bond donors (Lipinski definition) is 2. The summed E-state index contributed by atoms with van der Waals surface area (Å²) in [6.45, 7) is 7.50. The van der Waals surface area contributed by atoms with Gasteiger partial charge < -0.3 is 10.6 Å². The highest BCUT2D eigenvalue weighted by atomic mass is 79.9. The third-order valence-electron chi connectivity index (χ3n) is 2.03. The molecule has 0 amide bonds. The molecule has 15 heavy (non-hydrogen) atoms. The van der Waals surface area contributed by atoms with Crippen LogP contribution in [0.2, 0.25) is 0 Å². The Morgan fingerprint density at radius 1 is 1.27 bits per heavy atom. The normalized spacial score (nSPS) is 11.2. The van der Waals surface area contributed by atoms with Crippen LogP contribution in [0.1, 0.15) is 18.7 Å². The van der Waals surface area contributed by atoms with Crippen LogP contribution < -0.4 is 10.6 Å². The molecule has 0 radical (unpaired) electrons. The third kappa shape index (κ3) is 6.30. The van der Waals surface area contributed by atoms with Gasteiger partial charge in [0.1, 0.15) is 0 Å². The molecule has 1 heterocycles. The first-order valence-corrected chi connectivity index (χ1v) is 6.97. The van der Waals surface area contributed by atoms with E-state index in [4.69, 9.17) is 0 Å². The van der Waals surface area contributed by atoms with Crippen LogP contribution in [0.5, 0.6) is 0 Å². The molecule has 86 valence electrons. The van der Waals surface area contributed by atoms with Crippen LogP contribution in [0.4, 0.5) is 0 Å². The lowest BCUT2D eigenvalue weighted by Gasteiger charge is -2.08. The molecule has 0 saturated carbocycles. The molecule has 4 heteroatoms. The van der Waals surface area contributed by atoms with Crippen LogP contribution in [0.15, 0.2) is 15.9 Å². The summed E-state index contributed by atoms with van der Waals surface area (Å²) < 4.78 is 1.22. The lowest BCUT2D eigenvalue weighted by Crippen LogP contribution is -2.32. The molecule has 1 aromatic rings. The quantitative estimate of drug-likeness (QED) is 0.755. The van der Waals surface area contributed by atoms with Crippen LogP contribution >= 0.6 is 27.3 Å². The largest absolute Gasteiger partial charge is 0.315 e. The molecule has 1 rings (SSSR count). The van der Waals surface area contributed by atoms with Crippen LogP contribution in [0.25, 0.3) is 0 Å². The predicted molar refractivity (Wildman–Crippen MR) is 71.7 cm³/mol. The Morgan fingerprint density at radius 3 is 2.67 bits per heavy atom. The van der Waals surface area contributed by atoms with Gasteiger partial charge in [0, 0.05) is 30.6 Å². The zero-order valence-corrected chi connectivity index (χ0v) is 11.7. The first kappa shape index (κ1) is 13.2. The summed E-state index contributed by atoms with van der Waals surface area (Å²) in [6, 6.07) is 4.88. The van der Waals surface area contributed by atoms with E-state index in [2.05, 4.69) is 52.5 Å². The highest BCUT2D eigenvalue weighted by Gasteiger charge is 1.97. The van der Waals surface area contributed by atoms with Crippen molar-refractivity contribution in [3.8, 4) is 0 Å². The van der Waals surface area contributed by atoms with Gasteiger partial charge in [0.15, 0.2) is 0 Å². The van der Waals surface area contributed by atoms with Crippen molar-refractivity contribution in [2.75, 3.05) is 19.6 Å². The second kappa shape index (κ2) is 7.39. The Bertz CT molecular complexity index is 273. The Morgan fingerprint density at radius 2 is 2.07 bits per heavy atom. The summed E-state index contributed by atoms with van der Waals surface area (Å²) in [4.78, 5) is 1.44. The fourth-order valence-corrected chi connectivity index (χ4v) is 2.75. The average Bonchev–Trinajstić information content (AvgIpc) is 2.57. The minimum absolute atomic E-state index is 0.583. The maximum Gasteiger partial charge on any atom is 0.0701 e. The van der Waals surface area contributed by atoms with Crippen molar-refractivity contribution in [2.24, 2.45) is 0 Å². The van der Waals surface area contributed by atoms with Gasteiger partial charge in [-0.25, -0.2) is 0 Å². The molecule has 0 bridgehead atoms. The average molecular weight is 291 g/mol. The number of nitrogens with one attached hydrogen (secondary N) is 2. The molecule has 0 fully saturated rings. The Labute approximate surface area is 105 Å². The minimum atomic E-state index is 0.583. The van der Waals surface area contributed by atoms with E-state index in [1.54, 1.807) is 0 Å². The van der Waals surface area contributed by atoms with E-state index in [0.29, 0.717) is 6.04 Å². The van der Waals surface area contributed by atoms with Crippen molar-refractivity contribution in [3.05, 3.63) is 20.8 Å². The van der Waals surface area contributed by atoms with Crippen LogP contribution in [-0.4, -0.2) is 25.7 Å². The zero-order chi connectivity index (χ0) is 11.1. The summed E-state index contributed by atoms with van der Waals surface area (Å²) in [5.74, 6) is 0. The maximum atomic E-state index is 3.47. The van der Waals surface area contributed by atoms with Gasteiger partial charge in [0.05, 0.1) is 3.79 Å². The van der Waals surface area contributed by atoms with Gasteiger partial charge >= 0.3 is 0 Å². The molecule has 0 unspecified atom stereocenters. The van der Waals surface area contributed by atoms with E-state index in [1.807, 2.05) is 11.3 Å². The molecule has 0 aliphatic carbocycles. The van der Waals surface area contributed by atoms with Crippen molar-refractivity contribution < 1.29 is 0 Å². The number of thiophene rings is 1. The highest BCUT2D eigenvalue weighted by Crippen LogP contribution is 2.21. The predicted octanol–water partition coefficient (Wildman–Crippen LogP) is 2.64. The molecule has 0 aliphatic heterocycles. The van der Waals surface area contributed by atoms with Gasteiger partial charge in [-0.15, -0.1) is 11.3 Å². The molecule has 0 spiro atoms. The lowest BCUT2D eigenvalue weighted by molar-refractivity contribution is 0.557. The number of rotatable bonds is 7. The zero-order valence-electron chi connectivity index (χ0n) is 9.35. The smallest absolute Gasteiger partial charge is 0.0701 e. The van der Waals surface area contributed by atoms with Crippen LogP contribution in [0, 0.1) is 0 Å². The van der Waals surface area contributed by atoms with E-state index in [1.165, 1.54) is 8.66 Å². The van der Waals surface area contributed by atoms with Gasteiger partial charge in [-0.3, -0.25) is 0 Å². The van der Waals surface area contributed by atoms with Crippen molar-refractivity contribution in [2.45, 2.75) is 26.3 Å². The first-order valence-electron chi connectivity index (χ1n) is 5.37. The molecule has 0 saturated heterocycles. The second-order valence-electron chi connectivity index (χ2n) is 3.81. The maximum absolute atomic E-state index is 3.47. The molecule has 2 nitrogen and oxygen atoms in total. The van der Waals surface area contributed by atoms with E-state index in [9.17, 15) is 0 Å². The fourth-order valence-electron chi connectivity index (χ4n) is 1.27. The number of hydrogen-bond acceptors (Lipinski definition) is 3. The molecule has 0 aromatic carbocycles. The Kier molecular flexibility index (Phi) is 6.48. The molecular formula is C11H19BrN2S. The Balaban J connectivity index is 1.98. The molecule has 0 atom stereocenters. The molecular weight excluding hydrogens is 272 g/mol. The van der Waals surface area contributed by atoms with Crippen molar-refractivity contribution in [1.82, 2.24) is 10.6 Å². The van der Waals surface area contributed by atoms with Gasteiger partial charge in [0.25, 0.3) is 0 Å². The first-order chi connectivity index (χ1) is 7.18.